The Kier molecular flexibility index (Phi) is 5.75. The van der Waals surface area contributed by atoms with Gasteiger partial charge in [0.05, 0.1) is 18.8 Å². The highest BCUT2D eigenvalue weighted by atomic mass is 16.2. The maximum Gasteiger partial charge on any atom is 0.271 e. The fourth-order valence-corrected chi connectivity index (χ4v) is 5.64. The molecule has 2 atom stereocenters. The van der Waals surface area contributed by atoms with E-state index in [1.54, 1.807) is 6.20 Å². The quantitative estimate of drug-likeness (QED) is 0.564. The highest BCUT2D eigenvalue weighted by Gasteiger charge is 2.41. The van der Waals surface area contributed by atoms with E-state index in [1.807, 2.05) is 35.3 Å². The Morgan fingerprint density at radius 1 is 1.11 bits per heavy atom. The molecule has 188 valence electrons. The van der Waals surface area contributed by atoms with Gasteiger partial charge in [-0.1, -0.05) is 12.1 Å². The Balaban J connectivity index is 1.20. The Labute approximate surface area is 210 Å². The average molecular weight is 489 g/mol. The number of primary amides is 1. The van der Waals surface area contributed by atoms with Gasteiger partial charge >= 0.3 is 0 Å². The molecule has 10 nitrogen and oxygen atoms in total. The summed E-state index contributed by atoms with van der Waals surface area (Å²) >= 11 is 0. The summed E-state index contributed by atoms with van der Waals surface area (Å²) in [5, 5.41) is 5.04. The van der Waals surface area contributed by atoms with Gasteiger partial charge in [0, 0.05) is 44.1 Å². The molecule has 6 rings (SSSR count). The highest BCUT2D eigenvalue weighted by Crippen LogP contribution is 2.40. The number of anilines is 2. The van der Waals surface area contributed by atoms with E-state index in [0.717, 1.165) is 37.2 Å². The maximum atomic E-state index is 13.4. The number of carbonyl (C=O) groups is 2. The lowest BCUT2D eigenvalue weighted by molar-refractivity contribution is 0.0711. The summed E-state index contributed by atoms with van der Waals surface area (Å²) in [6, 6.07) is 8.32. The number of rotatable bonds is 6. The highest BCUT2D eigenvalue weighted by molar-refractivity contribution is 5.96. The van der Waals surface area contributed by atoms with Crippen molar-refractivity contribution < 1.29 is 9.59 Å². The van der Waals surface area contributed by atoms with Crippen LogP contribution in [-0.4, -0.2) is 71.0 Å². The molecule has 2 aromatic rings. The van der Waals surface area contributed by atoms with Gasteiger partial charge in [0.2, 0.25) is 0 Å². The van der Waals surface area contributed by atoms with Crippen molar-refractivity contribution in [3.8, 4) is 0 Å². The van der Waals surface area contributed by atoms with Crippen LogP contribution in [0.1, 0.15) is 58.0 Å². The number of aromatic nitrogens is 2. The number of carbonyl (C=O) groups excluding carboxylic acids is 2. The lowest BCUT2D eigenvalue weighted by Crippen LogP contribution is -2.50. The van der Waals surface area contributed by atoms with Crippen LogP contribution in [-0.2, 0) is 0 Å². The van der Waals surface area contributed by atoms with Crippen molar-refractivity contribution in [3.05, 3.63) is 59.2 Å². The molecule has 4 heterocycles. The van der Waals surface area contributed by atoms with Crippen molar-refractivity contribution in [1.82, 2.24) is 25.3 Å². The van der Waals surface area contributed by atoms with E-state index >= 15 is 0 Å². The van der Waals surface area contributed by atoms with Crippen molar-refractivity contribution in [2.45, 2.75) is 37.6 Å². The largest absolute Gasteiger partial charge is 0.364 e. The second kappa shape index (κ2) is 9.09. The minimum absolute atomic E-state index is 0.106. The molecular weight excluding hydrogens is 456 g/mol. The first-order valence-corrected chi connectivity index (χ1v) is 12.7. The zero-order chi connectivity index (χ0) is 24.8. The molecular formula is C26H32N8O2. The predicted molar refractivity (Wildman–Crippen MR) is 136 cm³/mol. The summed E-state index contributed by atoms with van der Waals surface area (Å²) < 4.78 is 0. The third kappa shape index (κ3) is 4.37. The van der Waals surface area contributed by atoms with E-state index in [4.69, 9.17) is 10.7 Å². The zero-order valence-electron chi connectivity index (χ0n) is 20.5. The Bertz CT molecular complexity index is 1210. The Hall–Kier alpha value is -3.66. The van der Waals surface area contributed by atoms with E-state index in [2.05, 4.69) is 32.8 Å². The summed E-state index contributed by atoms with van der Waals surface area (Å²) in [7, 11) is 1.89. The van der Waals surface area contributed by atoms with Crippen molar-refractivity contribution in [1.29, 1.82) is 0 Å². The lowest BCUT2D eigenvalue weighted by atomic mass is 9.92. The van der Waals surface area contributed by atoms with Crippen molar-refractivity contribution in [2.75, 3.05) is 43.4 Å². The molecule has 0 spiro atoms. The van der Waals surface area contributed by atoms with Crippen LogP contribution in [0.2, 0.25) is 0 Å². The van der Waals surface area contributed by atoms with Crippen LogP contribution in [0.5, 0.6) is 0 Å². The van der Waals surface area contributed by atoms with Crippen LogP contribution in [0.4, 0.5) is 11.6 Å². The number of nitrogens with one attached hydrogen (secondary N) is 2. The summed E-state index contributed by atoms with van der Waals surface area (Å²) in [6.07, 6.45) is 8.02. The van der Waals surface area contributed by atoms with Gasteiger partial charge in [0.1, 0.15) is 5.82 Å². The molecule has 4 N–H and O–H groups in total. The number of piperidine rings is 1. The van der Waals surface area contributed by atoms with Crippen LogP contribution in [0, 0.1) is 5.92 Å². The molecule has 36 heavy (non-hydrogen) atoms. The van der Waals surface area contributed by atoms with Gasteiger partial charge in [-0.3, -0.25) is 9.59 Å². The number of hydrogen-bond donors (Lipinski definition) is 3. The van der Waals surface area contributed by atoms with Crippen LogP contribution in [0.25, 0.3) is 0 Å². The predicted octanol–water partition coefficient (Wildman–Crippen LogP) is 1.90. The number of nitrogens with zero attached hydrogens (tertiary/aromatic N) is 5. The first-order valence-electron chi connectivity index (χ1n) is 12.7. The molecule has 1 aromatic carbocycles. The fourth-order valence-electron chi connectivity index (χ4n) is 5.64. The van der Waals surface area contributed by atoms with E-state index in [9.17, 15) is 9.59 Å². The molecule has 0 bridgehead atoms. The number of amides is 2. The van der Waals surface area contributed by atoms with Crippen molar-refractivity contribution >= 4 is 23.5 Å². The van der Waals surface area contributed by atoms with Gasteiger partial charge < -0.3 is 25.9 Å². The summed E-state index contributed by atoms with van der Waals surface area (Å²) in [5.74, 6) is 1.66. The molecule has 2 unspecified atom stereocenters. The van der Waals surface area contributed by atoms with Gasteiger partial charge in [-0.05, 0) is 55.2 Å². The third-order valence-electron chi connectivity index (χ3n) is 7.79. The second-order valence-corrected chi connectivity index (χ2v) is 10.3. The SMILES string of the molecule is CN1C=C(Nc2nc(N3CCC4CCN(C(=O)c5ccc(C6CC6)cc5)C4C3)cnc2C(N)=O)CN1. The van der Waals surface area contributed by atoms with E-state index < -0.39 is 5.91 Å². The normalized spacial score (nSPS) is 23.5. The first-order chi connectivity index (χ1) is 17.5. The molecule has 1 aliphatic carbocycles. The van der Waals surface area contributed by atoms with Crippen LogP contribution in [0.3, 0.4) is 0 Å². The maximum absolute atomic E-state index is 13.4. The van der Waals surface area contributed by atoms with Gasteiger partial charge in [0.15, 0.2) is 11.5 Å². The van der Waals surface area contributed by atoms with Gasteiger partial charge in [-0.15, -0.1) is 0 Å². The Morgan fingerprint density at radius 2 is 1.89 bits per heavy atom. The van der Waals surface area contributed by atoms with Gasteiger partial charge in [0.25, 0.3) is 11.8 Å². The van der Waals surface area contributed by atoms with Crippen molar-refractivity contribution in [2.24, 2.45) is 11.7 Å². The fraction of sp³-hybridized carbons (Fsp3) is 0.462. The van der Waals surface area contributed by atoms with Crippen molar-refractivity contribution in [3.63, 3.8) is 0 Å². The summed E-state index contributed by atoms with van der Waals surface area (Å²) in [6.45, 7) is 2.89. The molecule has 10 heteroatoms. The molecule has 0 radical (unpaired) electrons. The molecule has 1 aromatic heterocycles. The third-order valence-corrected chi connectivity index (χ3v) is 7.79. The van der Waals surface area contributed by atoms with E-state index in [1.165, 1.54) is 18.4 Å². The number of hydrazine groups is 1. The number of likely N-dealkylation sites (tertiary alicyclic amines) is 1. The standard InChI is InChI=1S/C26H32N8O2/c1-32-14-20(12-29-32)30-25-23(24(27)35)28-13-22(31-25)33-10-8-18-9-11-34(21(18)15-33)26(36)19-6-4-17(5-7-19)16-2-3-16/h4-7,13-14,16,18,21,29H,2-3,8-12,15H2,1H3,(H2,27,35)(H,30,31). The topological polar surface area (TPSA) is 120 Å². The van der Waals surface area contributed by atoms with Crippen LogP contribution >= 0.6 is 0 Å². The lowest BCUT2D eigenvalue weighted by Gasteiger charge is -2.39. The number of nitrogens with two attached hydrogens (primary N) is 1. The number of benzene rings is 1. The molecule has 3 fully saturated rings. The Morgan fingerprint density at radius 3 is 2.58 bits per heavy atom. The first kappa shape index (κ1) is 22.8. The average Bonchev–Trinajstić information content (AvgIpc) is 3.53. The molecule has 1 saturated carbocycles. The van der Waals surface area contributed by atoms with Crippen LogP contribution in [0.15, 0.2) is 42.4 Å². The van der Waals surface area contributed by atoms with Gasteiger partial charge in [-0.25, -0.2) is 15.4 Å². The van der Waals surface area contributed by atoms with E-state index in [-0.39, 0.29) is 17.6 Å². The monoisotopic (exact) mass is 488 g/mol. The molecule has 2 amide bonds. The smallest absolute Gasteiger partial charge is 0.271 e. The summed E-state index contributed by atoms with van der Waals surface area (Å²) in [4.78, 5) is 38.7. The molecule has 2 saturated heterocycles. The second-order valence-electron chi connectivity index (χ2n) is 10.3. The molecule has 4 aliphatic rings. The number of hydrogen-bond acceptors (Lipinski definition) is 8. The van der Waals surface area contributed by atoms with Gasteiger partial charge in [-0.2, -0.15) is 0 Å². The zero-order valence-corrected chi connectivity index (χ0v) is 20.5. The summed E-state index contributed by atoms with van der Waals surface area (Å²) in [5.41, 5.74) is 11.8. The molecule has 3 aliphatic heterocycles. The van der Waals surface area contributed by atoms with E-state index in [0.29, 0.717) is 36.6 Å². The minimum Gasteiger partial charge on any atom is -0.364 e. The van der Waals surface area contributed by atoms with Crippen LogP contribution < -0.4 is 21.4 Å². The number of fused-ring (bicyclic) bond motifs is 1. The minimum atomic E-state index is -0.629.